The van der Waals surface area contributed by atoms with E-state index in [-0.39, 0.29) is 5.91 Å². The minimum Gasteiger partial charge on any atom is -0.341 e. The Bertz CT molecular complexity index is 685. The molecule has 0 bridgehead atoms. The van der Waals surface area contributed by atoms with Crippen LogP contribution in [0.15, 0.2) is 30.6 Å². The molecule has 1 heterocycles. The summed E-state index contributed by atoms with van der Waals surface area (Å²) in [5, 5.41) is 3.41. The van der Waals surface area contributed by atoms with Crippen LogP contribution in [-0.4, -0.2) is 29.0 Å². The monoisotopic (exact) mass is 366 g/mol. The molecule has 0 spiro atoms. The number of amides is 1. The van der Waals surface area contributed by atoms with Crippen molar-refractivity contribution in [2.45, 2.75) is 26.7 Å². The molecule has 0 saturated carbocycles. The molecule has 0 aliphatic rings. The van der Waals surface area contributed by atoms with Gasteiger partial charge in [-0.1, -0.05) is 43.1 Å². The van der Waals surface area contributed by atoms with Gasteiger partial charge in [0, 0.05) is 25.5 Å². The highest BCUT2D eigenvalue weighted by molar-refractivity contribution is 6.44. The molecular weight excluding hydrogens is 347 g/mol. The summed E-state index contributed by atoms with van der Waals surface area (Å²) in [5.41, 5.74) is 0.819. The first-order valence-electron chi connectivity index (χ1n) is 7.89. The van der Waals surface area contributed by atoms with Crippen LogP contribution < -0.4 is 10.2 Å². The summed E-state index contributed by atoms with van der Waals surface area (Å²) in [4.78, 5) is 23.0. The van der Waals surface area contributed by atoms with Gasteiger partial charge in [-0.25, -0.2) is 9.97 Å². The molecule has 0 unspecified atom stereocenters. The Morgan fingerprint density at radius 2 is 1.75 bits per heavy atom. The van der Waals surface area contributed by atoms with Crippen molar-refractivity contribution in [3.63, 3.8) is 0 Å². The van der Waals surface area contributed by atoms with Crippen molar-refractivity contribution in [2.75, 3.05) is 23.3 Å². The van der Waals surface area contributed by atoms with E-state index in [4.69, 9.17) is 23.2 Å². The van der Waals surface area contributed by atoms with E-state index in [9.17, 15) is 4.79 Å². The Morgan fingerprint density at radius 3 is 2.33 bits per heavy atom. The number of carbonyl (C=O) groups is 1. The van der Waals surface area contributed by atoms with Crippen LogP contribution >= 0.6 is 23.2 Å². The quantitative estimate of drug-likeness (QED) is 0.773. The summed E-state index contributed by atoms with van der Waals surface area (Å²) in [6, 6.07) is 5.07. The summed E-state index contributed by atoms with van der Waals surface area (Å²) >= 11 is 12.0. The van der Waals surface area contributed by atoms with Gasteiger partial charge in [-0.3, -0.25) is 4.79 Å². The zero-order valence-corrected chi connectivity index (χ0v) is 15.2. The van der Waals surface area contributed by atoms with Crippen LogP contribution in [0.2, 0.25) is 10.0 Å². The van der Waals surface area contributed by atoms with E-state index >= 15 is 0 Å². The number of aromatic nitrogens is 2. The molecule has 128 valence electrons. The number of hydrogen-bond donors (Lipinski definition) is 1. The second kappa shape index (κ2) is 8.85. The lowest BCUT2D eigenvalue weighted by molar-refractivity contribution is 0.102. The second-order valence-electron chi connectivity index (χ2n) is 5.31. The Hall–Kier alpha value is -1.85. The third-order valence-corrected chi connectivity index (χ3v) is 4.19. The van der Waals surface area contributed by atoms with Crippen LogP contribution in [0.25, 0.3) is 0 Å². The van der Waals surface area contributed by atoms with Crippen molar-refractivity contribution in [2.24, 2.45) is 0 Å². The highest BCUT2D eigenvalue weighted by Crippen LogP contribution is 2.29. The first-order chi connectivity index (χ1) is 11.6. The number of benzene rings is 1. The van der Waals surface area contributed by atoms with Crippen LogP contribution in [0.1, 0.15) is 37.0 Å². The van der Waals surface area contributed by atoms with Crippen LogP contribution in [-0.2, 0) is 0 Å². The standard InChI is InChI=1S/C17H20Cl2N4O/c1-3-8-23(9-4-2)17-20-10-12(11-21-17)16(24)22-14-7-5-6-13(18)15(14)19/h5-7,10-11H,3-4,8-9H2,1-2H3,(H,22,24). The maximum absolute atomic E-state index is 12.3. The fraction of sp³-hybridized carbons (Fsp3) is 0.353. The lowest BCUT2D eigenvalue weighted by Crippen LogP contribution is -2.27. The molecule has 1 N–H and O–H groups in total. The number of anilines is 2. The van der Waals surface area contributed by atoms with E-state index in [1.54, 1.807) is 18.2 Å². The molecule has 2 rings (SSSR count). The Balaban J connectivity index is 2.12. The molecule has 0 fully saturated rings. The smallest absolute Gasteiger partial charge is 0.258 e. The van der Waals surface area contributed by atoms with Gasteiger partial charge in [-0.15, -0.1) is 0 Å². The van der Waals surface area contributed by atoms with E-state index in [2.05, 4.69) is 34.0 Å². The summed E-state index contributed by atoms with van der Waals surface area (Å²) in [6.07, 6.45) is 5.07. The molecule has 0 radical (unpaired) electrons. The third kappa shape index (κ3) is 4.58. The van der Waals surface area contributed by atoms with Crippen molar-refractivity contribution >= 4 is 40.7 Å². The van der Waals surface area contributed by atoms with Crippen molar-refractivity contribution in [1.29, 1.82) is 0 Å². The maximum Gasteiger partial charge on any atom is 0.258 e. The summed E-state index contributed by atoms with van der Waals surface area (Å²) < 4.78 is 0. The van der Waals surface area contributed by atoms with Crippen molar-refractivity contribution in [3.8, 4) is 0 Å². The minimum absolute atomic E-state index is 0.308. The highest BCUT2D eigenvalue weighted by Gasteiger charge is 2.13. The van der Waals surface area contributed by atoms with Gasteiger partial charge in [-0.2, -0.15) is 0 Å². The first-order valence-corrected chi connectivity index (χ1v) is 8.64. The maximum atomic E-state index is 12.3. The van der Waals surface area contributed by atoms with Crippen molar-refractivity contribution in [3.05, 3.63) is 46.2 Å². The van der Waals surface area contributed by atoms with Gasteiger partial charge in [0.05, 0.1) is 21.3 Å². The fourth-order valence-corrected chi connectivity index (χ4v) is 2.60. The molecule has 0 atom stereocenters. The number of halogens is 2. The summed E-state index contributed by atoms with van der Waals surface area (Å²) in [7, 11) is 0. The molecule has 24 heavy (non-hydrogen) atoms. The van der Waals surface area contributed by atoms with Crippen LogP contribution in [0.5, 0.6) is 0 Å². The number of hydrogen-bond acceptors (Lipinski definition) is 4. The lowest BCUT2D eigenvalue weighted by Gasteiger charge is -2.21. The predicted molar refractivity (Wildman–Crippen MR) is 99.2 cm³/mol. The summed E-state index contributed by atoms with van der Waals surface area (Å²) in [6.45, 7) is 5.99. The van der Waals surface area contributed by atoms with E-state index in [0.717, 1.165) is 25.9 Å². The molecular formula is C17H20Cl2N4O. The van der Waals surface area contributed by atoms with E-state index in [0.29, 0.717) is 27.2 Å². The topological polar surface area (TPSA) is 58.1 Å². The first kappa shape index (κ1) is 18.5. The SMILES string of the molecule is CCCN(CCC)c1ncc(C(=O)Nc2cccc(Cl)c2Cl)cn1. The van der Waals surface area contributed by atoms with Gasteiger partial charge in [0.15, 0.2) is 0 Å². The van der Waals surface area contributed by atoms with Gasteiger partial charge in [0.1, 0.15) is 0 Å². The van der Waals surface area contributed by atoms with E-state index in [1.807, 2.05) is 0 Å². The van der Waals surface area contributed by atoms with E-state index in [1.165, 1.54) is 12.4 Å². The average Bonchev–Trinajstić information content (AvgIpc) is 2.59. The summed E-state index contributed by atoms with van der Waals surface area (Å²) in [5.74, 6) is 0.305. The van der Waals surface area contributed by atoms with E-state index < -0.39 is 0 Å². The zero-order valence-electron chi connectivity index (χ0n) is 13.7. The normalized spacial score (nSPS) is 10.5. The van der Waals surface area contributed by atoms with Crippen LogP contribution in [0.4, 0.5) is 11.6 Å². The lowest BCUT2D eigenvalue weighted by atomic mass is 10.2. The average molecular weight is 367 g/mol. The van der Waals surface area contributed by atoms with Gasteiger partial charge >= 0.3 is 0 Å². The zero-order chi connectivity index (χ0) is 17.5. The minimum atomic E-state index is -0.330. The molecule has 7 heteroatoms. The second-order valence-corrected chi connectivity index (χ2v) is 6.10. The Morgan fingerprint density at radius 1 is 1.12 bits per heavy atom. The van der Waals surface area contributed by atoms with Crippen LogP contribution in [0, 0.1) is 0 Å². The molecule has 0 aliphatic carbocycles. The molecule has 1 aromatic heterocycles. The van der Waals surface area contributed by atoms with Crippen LogP contribution in [0.3, 0.4) is 0 Å². The largest absolute Gasteiger partial charge is 0.341 e. The number of carbonyl (C=O) groups excluding carboxylic acids is 1. The van der Waals surface area contributed by atoms with Gasteiger partial charge in [-0.05, 0) is 25.0 Å². The molecule has 1 aromatic carbocycles. The van der Waals surface area contributed by atoms with Crippen molar-refractivity contribution < 1.29 is 4.79 Å². The number of nitrogens with zero attached hydrogens (tertiary/aromatic N) is 3. The molecule has 0 aliphatic heterocycles. The fourth-order valence-electron chi connectivity index (χ4n) is 2.25. The Labute approximate surface area is 152 Å². The van der Waals surface area contributed by atoms with Gasteiger partial charge < -0.3 is 10.2 Å². The molecule has 5 nitrogen and oxygen atoms in total. The third-order valence-electron chi connectivity index (χ3n) is 3.37. The molecule has 2 aromatic rings. The number of rotatable bonds is 7. The molecule has 0 saturated heterocycles. The van der Waals surface area contributed by atoms with Gasteiger partial charge in [0.2, 0.25) is 5.95 Å². The highest BCUT2D eigenvalue weighted by atomic mass is 35.5. The van der Waals surface area contributed by atoms with Crippen molar-refractivity contribution in [1.82, 2.24) is 9.97 Å². The molecule has 1 amide bonds. The predicted octanol–water partition coefficient (Wildman–Crippen LogP) is 4.66. The number of nitrogens with one attached hydrogen (secondary N) is 1. The van der Waals surface area contributed by atoms with Gasteiger partial charge in [0.25, 0.3) is 5.91 Å². The Kier molecular flexibility index (Phi) is 6.82.